The molecular weight excluding hydrogens is 571 g/mol. The largest absolute Gasteiger partial charge is 0.477 e. The Hall–Kier alpha value is -3.50. The van der Waals surface area contributed by atoms with Gasteiger partial charge < -0.3 is 14.7 Å². The van der Waals surface area contributed by atoms with E-state index in [1.54, 1.807) is 4.90 Å². The van der Waals surface area contributed by atoms with Crippen LogP contribution in [0.3, 0.4) is 0 Å². The maximum absolute atomic E-state index is 14.1. The topological polar surface area (TPSA) is 102 Å². The van der Waals surface area contributed by atoms with Crippen molar-refractivity contribution in [3.05, 3.63) is 53.4 Å². The Balaban J connectivity index is 1.27. The third-order valence-electron chi connectivity index (χ3n) is 9.00. The van der Waals surface area contributed by atoms with Gasteiger partial charge in [-0.3, -0.25) is 13.6 Å². The van der Waals surface area contributed by atoms with Crippen LogP contribution < -0.4 is 9.64 Å². The lowest BCUT2D eigenvalue weighted by molar-refractivity contribution is -0.124. The molecule has 0 unspecified atom stereocenters. The molecule has 3 aliphatic rings. The second kappa shape index (κ2) is 11.0. The fourth-order valence-corrected chi connectivity index (χ4v) is 8.88. The number of benzene rings is 2. The summed E-state index contributed by atoms with van der Waals surface area (Å²) in [4.78, 5) is 34.2. The van der Waals surface area contributed by atoms with Crippen LogP contribution in [-0.4, -0.2) is 48.3 Å². The number of para-hydroxylation sites is 2. The number of carbonyl (C=O) groups excluding carboxylic acids is 1. The Bertz CT molecular complexity index is 1710. The van der Waals surface area contributed by atoms with E-state index in [-0.39, 0.29) is 22.7 Å². The van der Waals surface area contributed by atoms with E-state index < -0.39 is 16.8 Å². The molecule has 1 N–H and O–H groups in total. The number of anilines is 1. The van der Waals surface area contributed by atoms with Crippen LogP contribution in [0.15, 0.2) is 48.5 Å². The Labute approximate surface area is 250 Å². The van der Waals surface area contributed by atoms with Crippen LogP contribution in [0.4, 0.5) is 5.69 Å². The minimum atomic E-state index is -1.04. The van der Waals surface area contributed by atoms with E-state index in [2.05, 4.69) is 11.5 Å². The summed E-state index contributed by atoms with van der Waals surface area (Å²) in [7, 11) is -0.890. The number of nitrogens with zero attached hydrogens (tertiary/aromatic N) is 3. The van der Waals surface area contributed by atoms with Crippen molar-refractivity contribution in [2.45, 2.75) is 58.2 Å². The first kappa shape index (κ1) is 27.3. The van der Waals surface area contributed by atoms with Gasteiger partial charge in [0, 0.05) is 39.1 Å². The summed E-state index contributed by atoms with van der Waals surface area (Å²) in [6, 6.07) is 15.6. The molecule has 10 heteroatoms. The number of amides is 1. The van der Waals surface area contributed by atoms with Gasteiger partial charge in [-0.15, -0.1) is 11.3 Å². The molecule has 218 valence electrons. The van der Waals surface area contributed by atoms with Crippen LogP contribution in [0, 0.1) is 11.8 Å². The highest BCUT2D eigenvalue weighted by molar-refractivity contribution is 7.85. The SMILES string of the molecule is CC1CCC(C(=O)N(c2cc(-c3ccc4c(c3)OCn3c-4nc4ccccc43)sc2C(=O)O)C2CCS(=O)CC2)CC1. The van der Waals surface area contributed by atoms with Crippen LogP contribution in [-0.2, 0) is 22.3 Å². The molecule has 8 nitrogen and oxygen atoms in total. The Kier molecular flexibility index (Phi) is 7.14. The van der Waals surface area contributed by atoms with Crippen molar-refractivity contribution in [2.24, 2.45) is 11.8 Å². The number of hydrogen-bond donors (Lipinski definition) is 1. The number of aromatic nitrogens is 2. The molecule has 4 heterocycles. The Morgan fingerprint density at radius 3 is 2.57 bits per heavy atom. The number of carboxylic acids is 1. The summed E-state index contributed by atoms with van der Waals surface area (Å²) in [5.74, 6) is 2.05. The molecule has 1 aliphatic carbocycles. The van der Waals surface area contributed by atoms with Crippen molar-refractivity contribution in [1.29, 1.82) is 0 Å². The van der Waals surface area contributed by atoms with Gasteiger partial charge in [0.05, 0.1) is 22.3 Å². The summed E-state index contributed by atoms with van der Waals surface area (Å²) in [6.45, 7) is 2.56. The lowest BCUT2D eigenvalue weighted by atomic mass is 9.82. The van der Waals surface area contributed by atoms with Crippen molar-refractivity contribution >= 4 is 50.7 Å². The smallest absolute Gasteiger partial charge is 0.348 e. The molecule has 0 spiro atoms. The molecule has 0 radical (unpaired) electrons. The summed E-state index contributed by atoms with van der Waals surface area (Å²) >= 11 is 1.19. The fraction of sp³-hybridized carbons (Fsp3) is 0.406. The number of aromatic carboxylic acids is 1. The monoisotopic (exact) mass is 603 g/mol. The Morgan fingerprint density at radius 2 is 1.81 bits per heavy atom. The predicted octanol–water partition coefficient (Wildman–Crippen LogP) is 6.55. The normalized spacial score (nSPS) is 23.5. The minimum Gasteiger partial charge on any atom is -0.477 e. The molecular formula is C32H33N3O5S2. The van der Waals surface area contributed by atoms with E-state index >= 15 is 0 Å². The molecule has 7 rings (SSSR count). The van der Waals surface area contributed by atoms with E-state index in [9.17, 15) is 18.9 Å². The molecule has 2 aromatic heterocycles. The minimum absolute atomic E-state index is 0.0131. The third-order valence-corrected chi connectivity index (χ3v) is 11.5. The van der Waals surface area contributed by atoms with Crippen molar-refractivity contribution < 1.29 is 23.6 Å². The molecule has 0 bridgehead atoms. The van der Waals surface area contributed by atoms with Crippen molar-refractivity contribution in [3.63, 3.8) is 0 Å². The van der Waals surface area contributed by atoms with Gasteiger partial charge in [0.1, 0.15) is 16.5 Å². The second-order valence-electron chi connectivity index (χ2n) is 11.7. The molecule has 1 amide bonds. The summed E-state index contributed by atoms with van der Waals surface area (Å²) in [5, 5.41) is 10.3. The standard InChI is InChI=1S/C32H33N3O5S2/c1-19-6-8-20(9-7-19)31(36)35(22-12-14-42(39)15-13-22)26-17-28(41-29(26)32(37)38)21-10-11-23-27(16-21)40-18-34-25-5-3-2-4-24(25)33-30(23)34/h2-5,10-11,16-17,19-20,22H,6-9,12-15,18H2,1H3,(H,37,38). The van der Waals surface area contributed by atoms with Gasteiger partial charge in [0.15, 0.2) is 6.73 Å². The zero-order valence-electron chi connectivity index (χ0n) is 23.5. The number of rotatable bonds is 5. The number of imidazole rings is 1. The third kappa shape index (κ3) is 4.84. The average molecular weight is 604 g/mol. The van der Waals surface area contributed by atoms with Crippen LogP contribution in [0.25, 0.3) is 32.9 Å². The number of thiophene rings is 1. The summed E-state index contributed by atoms with van der Waals surface area (Å²) in [5.41, 5.74) is 4.10. The average Bonchev–Trinajstić information content (AvgIpc) is 3.61. The lowest BCUT2D eigenvalue weighted by Crippen LogP contribution is -2.47. The number of hydrogen-bond acceptors (Lipinski definition) is 6. The predicted molar refractivity (Wildman–Crippen MR) is 166 cm³/mol. The number of carboxylic acid groups (broad SMARTS) is 1. The number of ether oxygens (including phenoxy) is 1. The van der Waals surface area contributed by atoms with Gasteiger partial charge >= 0.3 is 5.97 Å². The van der Waals surface area contributed by atoms with Gasteiger partial charge in [-0.25, -0.2) is 9.78 Å². The van der Waals surface area contributed by atoms with Gasteiger partial charge in [0.2, 0.25) is 5.91 Å². The van der Waals surface area contributed by atoms with E-state index in [1.807, 2.05) is 48.5 Å². The molecule has 2 aliphatic heterocycles. The van der Waals surface area contributed by atoms with E-state index in [4.69, 9.17) is 9.72 Å². The van der Waals surface area contributed by atoms with Crippen LogP contribution in [0.5, 0.6) is 5.75 Å². The molecule has 1 saturated carbocycles. The molecule has 42 heavy (non-hydrogen) atoms. The maximum atomic E-state index is 14.1. The Morgan fingerprint density at radius 1 is 1.05 bits per heavy atom. The zero-order chi connectivity index (χ0) is 29.0. The fourth-order valence-electron chi connectivity index (χ4n) is 6.62. The van der Waals surface area contributed by atoms with Crippen molar-refractivity contribution in [1.82, 2.24) is 9.55 Å². The first-order chi connectivity index (χ1) is 20.4. The first-order valence-electron chi connectivity index (χ1n) is 14.7. The summed E-state index contributed by atoms with van der Waals surface area (Å²) in [6.07, 6.45) is 4.87. The van der Waals surface area contributed by atoms with E-state index in [1.165, 1.54) is 11.3 Å². The first-order valence-corrected chi connectivity index (χ1v) is 17.0. The highest BCUT2D eigenvalue weighted by atomic mass is 32.2. The zero-order valence-corrected chi connectivity index (χ0v) is 25.1. The van der Waals surface area contributed by atoms with Gasteiger partial charge in [-0.1, -0.05) is 25.1 Å². The van der Waals surface area contributed by atoms with Gasteiger partial charge in [-0.2, -0.15) is 0 Å². The van der Waals surface area contributed by atoms with Gasteiger partial charge in [-0.05, 0) is 80.3 Å². The maximum Gasteiger partial charge on any atom is 0.348 e. The van der Waals surface area contributed by atoms with Crippen molar-refractivity contribution in [2.75, 3.05) is 16.4 Å². The summed E-state index contributed by atoms with van der Waals surface area (Å²) < 4.78 is 20.4. The van der Waals surface area contributed by atoms with Gasteiger partial charge in [0.25, 0.3) is 0 Å². The quantitative estimate of drug-likeness (QED) is 0.278. The van der Waals surface area contributed by atoms with Crippen LogP contribution in [0.1, 0.15) is 55.1 Å². The van der Waals surface area contributed by atoms with Crippen LogP contribution >= 0.6 is 11.3 Å². The number of fused-ring (bicyclic) bond motifs is 5. The van der Waals surface area contributed by atoms with Crippen molar-refractivity contribution in [3.8, 4) is 27.6 Å². The highest BCUT2D eigenvalue weighted by Gasteiger charge is 2.37. The van der Waals surface area contributed by atoms with E-state index in [0.29, 0.717) is 48.4 Å². The molecule has 4 aromatic rings. The molecule has 2 aromatic carbocycles. The number of carbonyl (C=O) groups is 2. The lowest BCUT2D eigenvalue weighted by Gasteiger charge is -2.37. The van der Waals surface area contributed by atoms with Crippen LogP contribution in [0.2, 0.25) is 0 Å². The molecule has 1 saturated heterocycles. The highest BCUT2D eigenvalue weighted by Crippen LogP contribution is 2.44. The molecule has 0 atom stereocenters. The molecule has 2 fully saturated rings. The van der Waals surface area contributed by atoms with E-state index in [0.717, 1.165) is 58.5 Å². The second-order valence-corrected chi connectivity index (χ2v) is 14.5.